The maximum Gasteiger partial charge on any atom is 0.333 e. The highest BCUT2D eigenvalue weighted by Gasteiger charge is 2.15. The van der Waals surface area contributed by atoms with Gasteiger partial charge in [-0.25, -0.2) is 4.79 Å². The van der Waals surface area contributed by atoms with Gasteiger partial charge in [-0.3, -0.25) is 0 Å². The quantitative estimate of drug-likeness (QED) is 0.407. The molecule has 0 fully saturated rings. The lowest BCUT2D eigenvalue weighted by molar-refractivity contribution is -0.143. The fourth-order valence-electron chi connectivity index (χ4n) is 1.16. The molecule has 0 aliphatic heterocycles. The van der Waals surface area contributed by atoms with Crippen LogP contribution in [0.3, 0.4) is 0 Å². The van der Waals surface area contributed by atoms with Crippen LogP contribution in [0.2, 0.25) is 0 Å². The number of nitrogens with zero attached hydrogens (tertiary/aromatic N) is 2. The van der Waals surface area contributed by atoms with Crippen LogP contribution < -0.4 is 0 Å². The normalized spacial score (nSPS) is 12.4. The third kappa shape index (κ3) is 6.28. The molecule has 0 aromatic carbocycles. The first kappa shape index (κ1) is 17.5. The monoisotopic (exact) mass is 332 g/mol. The molecule has 4 nitrogen and oxygen atoms in total. The molecular weight excluding hydrogens is 312 g/mol. The van der Waals surface area contributed by atoms with Crippen molar-refractivity contribution in [3.63, 3.8) is 0 Å². The average Bonchev–Trinajstić information content (AvgIpc) is 2.80. The van der Waals surface area contributed by atoms with Gasteiger partial charge in [0, 0.05) is 16.6 Å². The molecule has 0 saturated carbocycles. The van der Waals surface area contributed by atoms with Gasteiger partial charge < -0.3 is 4.74 Å². The average molecular weight is 333 g/mol. The van der Waals surface area contributed by atoms with Crippen molar-refractivity contribution in [1.82, 2.24) is 10.2 Å². The van der Waals surface area contributed by atoms with Crippen molar-refractivity contribution in [2.75, 3.05) is 5.75 Å². The maximum absolute atomic E-state index is 11.5. The van der Waals surface area contributed by atoms with Crippen LogP contribution >= 0.6 is 34.9 Å². The molecule has 7 heteroatoms. The van der Waals surface area contributed by atoms with Gasteiger partial charge in [0.05, 0.1) is 0 Å². The van der Waals surface area contributed by atoms with E-state index in [0.29, 0.717) is 16.6 Å². The van der Waals surface area contributed by atoms with E-state index in [1.165, 1.54) is 0 Å². The number of carbonyl (C=O) groups is 1. The molecule has 1 aromatic rings. The molecule has 0 aliphatic rings. The highest BCUT2D eigenvalue weighted by molar-refractivity contribution is 8.03. The minimum atomic E-state index is -0.328. The lowest BCUT2D eigenvalue weighted by Gasteiger charge is -2.14. The zero-order chi connectivity index (χ0) is 15.1. The predicted octanol–water partition coefficient (Wildman–Crippen LogP) is 4.03. The number of ether oxygens (including phenoxy) is 1. The Bertz CT molecular complexity index is 460. The van der Waals surface area contributed by atoms with Crippen LogP contribution in [0.1, 0.15) is 34.1 Å². The number of aromatic nitrogens is 2. The van der Waals surface area contributed by atoms with E-state index in [1.54, 1.807) is 41.8 Å². The second-order valence-corrected chi connectivity index (χ2v) is 8.60. The van der Waals surface area contributed by atoms with E-state index in [-0.39, 0.29) is 12.1 Å². The van der Waals surface area contributed by atoms with Crippen molar-refractivity contribution in [1.29, 1.82) is 0 Å². The van der Waals surface area contributed by atoms with Gasteiger partial charge >= 0.3 is 5.97 Å². The summed E-state index contributed by atoms with van der Waals surface area (Å²) in [5.41, 5.74) is 0.431. The van der Waals surface area contributed by atoms with Gasteiger partial charge in [-0.2, -0.15) is 0 Å². The molecule has 20 heavy (non-hydrogen) atoms. The zero-order valence-corrected chi connectivity index (χ0v) is 14.7. The Kier molecular flexibility index (Phi) is 7.61. The third-order valence-corrected chi connectivity index (χ3v) is 5.47. The topological polar surface area (TPSA) is 52.1 Å². The van der Waals surface area contributed by atoms with E-state index in [2.05, 4.69) is 30.6 Å². The molecule has 112 valence electrons. The predicted molar refractivity (Wildman–Crippen MR) is 86.6 cm³/mol. The van der Waals surface area contributed by atoms with E-state index in [4.69, 9.17) is 4.74 Å². The summed E-state index contributed by atoms with van der Waals surface area (Å²) in [6, 6.07) is 0. The summed E-state index contributed by atoms with van der Waals surface area (Å²) in [6.45, 7) is 11.5. The molecule has 0 amide bonds. The van der Waals surface area contributed by atoms with Crippen LogP contribution in [0, 0.1) is 0 Å². The number of carbonyl (C=O) groups excluding carboxylic acids is 1. The Hall–Kier alpha value is -0.530. The Labute approximate surface area is 132 Å². The first-order chi connectivity index (χ1) is 9.42. The second-order valence-electron chi connectivity index (χ2n) is 4.53. The molecule has 0 radical (unpaired) electrons. The van der Waals surface area contributed by atoms with Gasteiger partial charge in [-0.15, -0.1) is 10.2 Å². The Morgan fingerprint density at radius 1 is 1.40 bits per heavy atom. The van der Waals surface area contributed by atoms with Crippen LogP contribution in [0.5, 0.6) is 0 Å². The molecule has 0 N–H and O–H groups in total. The minimum Gasteiger partial charge on any atom is -0.458 e. The molecule has 1 heterocycles. The van der Waals surface area contributed by atoms with Crippen LogP contribution in [0.4, 0.5) is 0 Å². The smallest absolute Gasteiger partial charge is 0.333 e. The first-order valence-corrected chi connectivity index (χ1v) is 9.10. The number of rotatable bonds is 8. The van der Waals surface area contributed by atoms with Crippen LogP contribution in [-0.2, 0) is 9.53 Å². The van der Waals surface area contributed by atoms with Crippen molar-refractivity contribution >= 4 is 40.8 Å². The van der Waals surface area contributed by atoms with Crippen LogP contribution in [0.25, 0.3) is 0 Å². The third-order valence-electron chi connectivity index (χ3n) is 2.19. The molecule has 0 aliphatic carbocycles. The highest BCUT2D eigenvalue weighted by Crippen LogP contribution is 2.31. The van der Waals surface area contributed by atoms with Crippen molar-refractivity contribution < 1.29 is 9.53 Å². The lowest BCUT2D eigenvalue weighted by Crippen LogP contribution is -2.20. The summed E-state index contributed by atoms with van der Waals surface area (Å²) in [6.07, 6.45) is 0.660. The molecule has 1 aromatic heterocycles. The summed E-state index contributed by atoms with van der Waals surface area (Å²) < 4.78 is 7.24. The highest BCUT2D eigenvalue weighted by atomic mass is 32.2. The summed E-state index contributed by atoms with van der Waals surface area (Å²) in [5.74, 6) is 0.363. The second kappa shape index (κ2) is 8.69. The standard InChI is InChI=1S/C13H20N2O2S3/c1-6-10(17-11(16)8(2)3)7-18-12-14-15-13(20-12)19-9(4)5/h9-10H,2,6-7H2,1,3-5H3. The van der Waals surface area contributed by atoms with Gasteiger partial charge in [-0.1, -0.05) is 62.2 Å². The lowest BCUT2D eigenvalue weighted by atomic mass is 10.3. The summed E-state index contributed by atoms with van der Waals surface area (Å²) >= 11 is 4.87. The summed E-state index contributed by atoms with van der Waals surface area (Å²) in [4.78, 5) is 11.5. The molecule has 0 bridgehead atoms. The zero-order valence-electron chi connectivity index (χ0n) is 12.2. The largest absolute Gasteiger partial charge is 0.458 e. The van der Waals surface area contributed by atoms with Crippen molar-refractivity contribution in [3.8, 4) is 0 Å². The van der Waals surface area contributed by atoms with Gasteiger partial charge in [-0.05, 0) is 13.3 Å². The summed E-state index contributed by atoms with van der Waals surface area (Å²) in [5, 5.41) is 8.78. The molecule has 1 atom stereocenters. The fraction of sp³-hybridized carbons (Fsp3) is 0.615. The number of hydrogen-bond acceptors (Lipinski definition) is 7. The van der Waals surface area contributed by atoms with Gasteiger partial charge in [0.2, 0.25) is 0 Å². The number of esters is 1. The van der Waals surface area contributed by atoms with Crippen molar-refractivity contribution in [2.45, 2.75) is 54.1 Å². The van der Waals surface area contributed by atoms with Crippen LogP contribution in [-0.4, -0.2) is 33.3 Å². The Balaban J connectivity index is 2.45. The van der Waals surface area contributed by atoms with E-state index < -0.39 is 0 Å². The molecule has 1 rings (SSSR count). The van der Waals surface area contributed by atoms with Crippen molar-refractivity contribution in [2.24, 2.45) is 0 Å². The number of hydrogen-bond donors (Lipinski definition) is 0. The van der Waals surface area contributed by atoms with E-state index in [9.17, 15) is 4.79 Å². The SMILES string of the molecule is C=C(C)C(=O)OC(CC)CSc1nnc(SC(C)C)s1. The Morgan fingerprint density at radius 2 is 2.05 bits per heavy atom. The Morgan fingerprint density at radius 3 is 2.60 bits per heavy atom. The van der Waals surface area contributed by atoms with Crippen LogP contribution in [0.15, 0.2) is 20.8 Å². The van der Waals surface area contributed by atoms with Gasteiger partial charge in [0.15, 0.2) is 8.68 Å². The molecular formula is C13H20N2O2S3. The van der Waals surface area contributed by atoms with E-state index in [0.717, 1.165) is 15.1 Å². The van der Waals surface area contributed by atoms with E-state index >= 15 is 0 Å². The van der Waals surface area contributed by atoms with Gasteiger partial charge in [0.1, 0.15) is 6.10 Å². The first-order valence-electron chi connectivity index (χ1n) is 6.41. The molecule has 0 spiro atoms. The van der Waals surface area contributed by atoms with Crippen molar-refractivity contribution in [3.05, 3.63) is 12.2 Å². The summed E-state index contributed by atoms with van der Waals surface area (Å²) in [7, 11) is 0. The van der Waals surface area contributed by atoms with E-state index in [1.807, 2.05) is 6.92 Å². The maximum atomic E-state index is 11.5. The fourth-order valence-corrected chi connectivity index (χ4v) is 4.53. The molecule has 1 unspecified atom stereocenters. The molecule has 0 saturated heterocycles. The minimum absolute atomic E-state index is 0.116. The number of thioether (sulfide) groups is 2. The van der Waals surface area contributed by atoms with Gasteiger partial charge in [0.25, 0.3) is 0 Å².